The number of hydrogen-bond donors (Lipinski definition) is 0. The lowest BCUT2D eigenvalue weighted by Crippen LogP contribution is -1.71. The maximum absolute atomic E-state index is 5.10. The van der Waals surface area contributed by atoms with E-state index in [9.17, 15) is 0 Å². The molecule has 10 heavy (non-hydrogen) atoms. The highest BCUT2D eigenvalue weighted by molar-refractivity contribution is 9.10. The monoisotopic (exact) mass is 195 g/mol. The van der Waals surface area contributed by atoms with Gasteiger partial charge in [0.05, 0.1) is 6.26 Å². The third kappa shape index (κ3) is 0.847. The summed E-state index contributed by atoms with van der Waals surface area (Å²) in [6.07, 6.45) is 1.70. The molecule has 0 amide bonds. The van der Waals surface area contributed by atoms with Gasteiger partial charge in [0.25, 0.3) is 0 Å². The highest BCUT2D eigenvalue weighted by atomic mass is 79.9. The molecule has 0 aromatic heterocycles. The maximum Gasteiger partial charge on any atom is 0.169 e. The Hall–Kier alpha value is -0.760. The van der Waals surface area contributed by atoms with Gasteiger partial charge >= 0.3 is 0 Å². The molecule has 0 saturated carbocycles. The molecule has 0 fully saturated rings. The molecule has 0 bridgehead atoms. The van der Waals surface area contributed by atoms with E-state index in [0.717, 1.165) is 15.8 Å². The van der Waals surface area contributed by atoms with Crippen molar-refractivity contribution in [3.8, 4) is 11.1 Å². The van der Waals surface area contributed by atoms with Crippen LogP contribution in [0.1, 0.15) is 0 Å². The van der Waals surface area contributed by atoms with Gasteiger partial charge in [-0.15, -0.1) is 0 Å². The minimum atomic E-state index is 0.738. The van der Waals surface area contributed by atoms with Crippen LogP contribution in [-0.2, 0) is 0 Å². The van der Waals surface area contributed by atoms with Crippen LogP contribution in [0, 0.1) is 6.07 Å². The van der Waals surface area contributed by atoms with Crippen molar-refractivity contribution in [2.24, 2.45) is 0 Å². The van der Waals surface area contributed by atoms with Gasteiger partial charge in [-0.25, -0.2) is 0 Å². The van der Waals surface area contributed by atoms with Gasteiger partial charge in [0.1, 0.15) is 0 Å². The Balaban J connectivity index is 2.75. The van der Waals surface area contributed by atoms with Gasteiger partial charge in [-0.3, -0.25) is 0 Å². The fourth-order valence-electron chi connectivity index (χ4n) is 0.889. The summed E-state index contributed by atoms with van der Waals surface area (Å²) in [5.74, 6) is 0. The van der Waals surface area contributed by atoms with Gasteiger partial charge in [0.15, 0.2) is 4.67 Å². The van der Waals surface area contributed by atoms with Crippen LogP contribution in [0.5, 0.6) is 0 Å². The van der Waals surface area contributed by atoms with Crippen molar-refractivity contribution in [3.05, 3.63) is 35.2 Å². The molecule has 49 valence electrons. The van der Waals surface area contributed by atoms with Crippen LogP contribution >= 0.6 is 15.9 Å². The van der Waals surface area contributed by atoms with Crippen molar-refractivity contribution >= 4 is 15.9 Å². The topological polar surface area (TPSA) is 13.1 Å². The van der Waals surface area contributed by atoms with Gasteiger partial charge in [0.2, 0.25) is 0 Å². The molecule has 2 heteroatoms. The van der Waals surface area contributed by atoms with E-state index in [-0.39, 0.29) is 0 Å². The molecule has 1 nitrogen and oxygen atoms in total. The van der Waals surface area contributed by atoms with E-state index in [4.69, 9.17) is 4.42 Å². The Labute approximate surface area is 67.1 Å². The van der Waals surface area contributed by atoms with E-state index >= 15 is 0 Å². The quantitative estimate of drug-likeness (QED) is 0.631. The van der Waals surface area contributed by atoms with Crippen molar-refractivity contribution in [1.82, 2.24) is 0 Å². The van der Waals surface area contributed by atoms with Crippen LogP contribution < -0.4 is 0 Å². The zero-order valence-electron chi connectivity index (χ0n) is 5.10. The van der Waals surface area contributed by atoms with E-state index in [0.29, 0.717) is 0 Å². The fraction of sp³-hybridized carbons (Fsp3) is 0. The van der Waals surface area contributed by atoms with Crippen molar-refractivity contribution in [1.29, 1.82) is 0 Å². The zero-order chi connectivity index (χ0) is 6.97. The van der Waals surface area contributed by atoms with Crippen LogP contribution in [0.3, 0.4) is 0 Å². The van der Waals surface area contributed by atoms with Crippen LogP contribution in [0.15, 0.2) is 33.5 Å². The first-order valence-corrected chi connectivity index (χ1v) is 3.70. The van der Waals surface area contributed by atoms with E-state index in [1.807, 2.05) is 18.2 Å². The van der Waals surface area contributed by atoms with Gasteiger partial charge in [0, 0.05) is 5.56 Å². The lowest BCUT2D eigenvalue weighted by atomic mass is 10.2. The molecule has 1 heterocycles. The minimum Gasteiger partial charge on any atom is -0.457 e. The fourth-order valence-corrected chi connectivity index (χ4v) is 1.21. The predicted octanol–water partition coefficient (Wildman–Crippen LogP) is 2.95. The first-order valence-electron chi connectivity index (χ1n) is 2.91. The smallest absolute Gasteiger partial charge is 0.169 e. The molecule has 0 atom stereocenters. The molecule has 2 aliphatic rings. The first kappa shape index (κ1) is 5.98. The molecule has 0 aromatic rings. The summed E-state index contributed by atoms with van der Waals surface area (Å²) in [6, 6.07) is 8.81. The number of fused-ring (bicyclic) bond motifs is 1. The second kappa shape index (κ2) is 2.13. The largest absolute Gasteiger partial charge is 0.457 e. The molecule has 0 saturated heterocycles. The minimum absolute atomic E-state index is 0.738. The Bertz CT molecular complexity index is 313. The third-order valence-electron chi connectivity index (χ3n) is 1.37. The first-order chi connectivity index (χ1) is 4.86. The Morgan fingerprint density at radius 1 is 1.50 bits per heavy atom. The van der Waals surface area contributed by atoms with Crippen LogP contribution in [-0.4, -0.2) is 0 Å². The van der Waals surface area contributed by atoms with Crippen LogP contribution in [0.4, 0.5) is 0 Å². The van der Waals surface area contributed by atoms with Crippen molar-refractivity contribution < 1.29 is 4.42 Å². The number of hydrogen-bond acceptors (Lipinski definition) is 1. The predicted molar refractivity (Wildman–Crippen MR) is 41.9 cm³/mol. The lowest BCUT2D eigenvalue weighted by Gasteiger charge is -1.95. The standard InChI is InChI=1S/C8H4BrO/c9-8-4-6-2-1-3-7(6)5-10-8/h1,3-5H. The molecule has 0 aromatic carbocycles. The molecule has 1 aliphatic carbocycles. The Kier molecular flexibility index (Phi) is 1.27. The molecule has 0 N–H and O–H groups in total. The lowest BCUT2D eigenvalue weighted by molar-refractivity contribution is 0.525. The van der Waals surface area contributed by atoms with E-state index in [2.05, 4.69) is 22.0 Å². The highest BCUT2D eigenvalue weighted by Crippen LogP contribution is 2.25. The van der Waals surface area contributed by atoms with Crippen molar-refractivity contribution in [3.63, 3.8) is 0 Å². The second-order valence-corrected chi connectivity index (χ2v) is 2.81. The van der Waals surface area contributed by atoms with E-state index < -0.39 is 0 Å². The number of rotatable bonds is 0. The molecular weight excluding hydrogens is 192 g/mol. The van der Waals surface area contributed by atoms with E-state index in [1.165, 1.54) is 0 Å². The number of halogens is 1. The summed E-state index contributed by atoms with van der Waals surface area (Å²) in [4.78, 5) is 0. The maximum atomic E-state index is 5.10. The van der Waals surface area contributed by atoms with Crippen LogP contribution in [0.25, 0.3) is 11.1 Å². The average molecular weight is 196 g/mol. The molecule has 1 aliphatic heterocycles. The summed E-state index contributed by atoms with van der Waals surface area (Å²) < 4.78 is 5.83. The normalized spacial score (nSPS) is 10.5. The van der Waals surface area contributed by atoms with Crippen molar-refractivity contribution in [2.45, 2.75) is 0 Å². The van der Waals surface area contributed by atoms with Gasteiger partial charge in [-0.05, 0) is 33.6 Å². The third-order valence-corrected chi connectivity index (χ3v) is 1.78. The van der Waals surface area contributed by atoms with Gasteiger partial charge < -0.3 is 4.42 Å². The van der Waals surface area contributed by atoms with Gasteiger partial charge in [-0.2, -0.15) is 0 Å². The van der Waals surface area contributed by atoms with Crippen molar-refractivity contribution in [2.75, 3.05) is 0 Å². The highest BCUT2D eigenvalue weighted by Gasteiger charge is 2.02. The van der Waals surface area contributed by atoms with Crippen LogP contribution in [0.2, 0.25) is 0 Å². The summed E-state index contributed by atoms with van der Waals surface area (Å²) in [7, 11) is 0. The molecule has 1 radical (unpaired) electrons. The summed E-state index contributed by atoms with van der Waals surface area (Å²) in [5, 5.41) is 0. The average Bonchev–Trinajstić information content (AvgIpc) is 2.33. The molecule has 0 unspecified atom stereocenters. The molecular formula is C8H4BrO. The summed E-state index contributed by atoms with van der Waals surface area (Å²) >= 11 is 3.23. The molecule has 0 spiro atoms. The van der Waals surface area contributed by atoms with Gasteiger partial charge in [-0.1, -0.05) is 12.1 Å². The summed E-state index contributed by atoms with van der Waals surface area (Å²) in [6.45, 7) is 0. The van der Waals surface area contributed by atoms with E-state index in [1.54, 1.807) is 6.26 Å². The SMILES string of the molecule is Brc1cc2[c]ccc-2co1. The summed E-state index contributed by atoms with van der Waals surface area (Å²) in [5.41, 5.74) is 2.17. The molecule has 2 rings (SSSR count). The second-order valence-electron chi connectivity index (χ2n) is 2.03. The Morgan fingerprint density at radius 2 is 2.40 bits per heavy atom. The zero-order valence-corrected chi connectivity index (χ0v) is 6.68. The Morgan fingerprint density at radius 3 is 3.30 bits per heavy atom.